The largest absolute Gasteiger partial charge is 0.396 e. The van der Waals surface area contributed by atoms with Crippen molar-refractivity contribution in [1.82, 2.24) is 0 Å². The van der Waals surface area contributed by atoms with Gasteiger partial charge in [0.2, 0.25) is 0 Å². The van der Waals surface area contributed by atoms with E-state index in [9.17, 15) is 0 Å². The quantitative estimate of drug-likeness (QED) is 0.541. The number of aliphatic hydroxyl groups is 1. The lowest BCUT2D eigenvalue weighted by atomic mass is 9.87. The van der Waals surface area contributed by atoms with Gasteiger partial charge in [0.15, 0.2) is 0 Å². The summed E-state index contributed by atoms with van der Waals surface area (Å²) in [5, 5.41) is 8.75. The van der Waals surface area contributed by atoms with Crippen LogP contribution in [0.15, 0.2) is 0 Å². The zero-order valence-electron chi connectivity index (χ0n) is 5.71. The summed E-state index contributed by atoms with van der Waals surface area (Å²) in [7, 11) is 0. The van der Waals surface area contributed by atoms with Crippen LogP contribution in [0.1, 0.15) is 25.7 Å². The van der Waals surface area contributed by atoms with Crippen molar-refractivity contribution >= 4 is 0 Å². The van der Waals surface area contributed by atoms with Gasteiger partial charge in [0, 0.05) is 12.6 Å². The van der Waals surface area contributed by atoms with Crippen LogP contribution in [0.5, 0.6) is 0 Å². The zero-order valence-corrected chi connectivity index (χ0v) is 5.71. The molecule has 0 aromatic carbocycles. The third-order valence-electron chi connectivity index (χ3n) is 2.08. The van der Waals surface area contributed by atoms with Gasteiger partial charge in [-0.25, -0.2) is 0 Å². The molecule has 9 heavy (non-hydrogen) atoms. The first kappa shape index (κ1) is 7.03. The maximum absolute atomic E-state index is 8.75. The standard InChI is InChI=1S/C7H15NO/c8-7-3-1-2-6(4-7)5-9/h6-7,9H,1-5,8H2/t6-,7+/m1/s1. The van der Waals surface area contributed by atoms with E-state index in [-0.39, 0.29) is 0 Å². The van der Waals surface area contributed by atoms with Crippen LogP contribution in [0.25, 0.3) is 0 Å². The number of rotatable bonds is 1. The highest BCUT2D eigenvalue weighted by Crippen LogP contribution is 2.21. The zero-order chi connectivity index (χ0) is 6.69. The summed E-state index contributed by atoms with van der Waals surface area (Å²) in [5.74, 6) is 0.494. The Hall–Kier alpha value is -0.0800. The number of nitrogens with two attached hydrogens (primary N) is 1. The summed E-state index contributed by atoms with van der Waals surface area (Å²) >= 11 is 0. The van der Waals surface area contributed by atoms with Gasteiger partial charge in [-0.3, -0.25) is 0 Å². The molecule has 1 saturated carbocycles. The van der Waals surface area contributed by atoms with Crippen molar-refractivity contribution in [3.63, 3.8) is 0 Å². The Morgan fingerprint density at radius 3 is 2.67 bits per heavy atom. The fourth-order valence-electron chi connectivity index (χ4n) is 1.50. The van der Waals surface area contributed by atoms with Crippen LogP contribution in [0, 0.1) is 5.92 Å². The Morgan fingerprint density at radius 1 is 1.44 bits per heavy atom. The molecule has 0 bridgehead atoms. The maximum Gasteiger partial charge on any atom is 0.0459 e. The molecule has 0 amide bonds. The van der Waals surface area contributed by atoms with E-state index >= 15 is 0 Å². The SMILES string of the molecule is N[C@H]1CCC[C@@H](CO)C1. The third-order valence-corrected chi connectivity index (χ3v) is 2.08. The van der Waals surface area contributed by atoms with Gasteiger partial charge in [0.1, 0.15) is 0 Å². The normalized spacial score (nSPS) is 36.7. The van der Waals surface area contributed by atoms with E-state index < -0.39 is 0 Å². The van der Waals surface area contributed by atoms with E-state index in [0.29, 0.717) is 18.6 Å². The second-order valence-electron chi connectivity index (χ2n) is 2.98. The Morgan fingerprint density at radius 2 is 2.22 bits per heavy atom. The molecule has 2 heteroatoms. The molecule has 0 aromatic rings. The summed E-state index contributed by atoms with van der Waals surface area (Å²) in [6.45, 7) is 0.327. The lowest BCUT2D eigenvalue weighted by Crippen LogP contribution is -2.29. The minimum Gasteiger partial charge on any atom is -0.396 e. The first-order valence-corrected chi connectivity index (χ1v) is 3.69. The topological polar surface area (TPSA) is 46.2 Å². The van der Waals surface area contributed by atoms with Crippen molar-refractivity contribution in [1.29, 1.82) is 0 Å². The monoisotopic (exact) mass is 129 g/mol. The molecule has 0 unspecified atom stereocenters. The Balaban J connectivity index is 2.23. The highest BCUT2D eigenvalue weighted by Gasteiger charge is 2.17. The van der Waals surface area contributed by atoms with Gasteiger partial charge >= 0.3 is 0 Å². The van der Waals surface area contributed by atoms with E-state index in [2.05, 4.69) is 0 Å². The van der Waals surface area contributed by atoms with Gasteiger partial charge in [-0.2, -0.15) is 0 Å². The molecule has 0 spiro atoms. The van der Waals surface area contributed by atoms with Gasteiger partial charge in [-0.1, -0.05) is 6.42 Å². The summed E-state index contributed by atoms with van der Waals surface area (Å²) in [4.78, 5) is 0. The Kier molecular flexibility index (Phi) is 2.49. The van der Waals surface area contributed by atoms with Crippen molar-refractivity contribution in [2.24, 2.45) is 11.7 Å². The van der Waals surface area contributed by atoms with Crippen molar-refractivity contribution in [3.05, 3.63) is 0 Å². The van der Waals surface area contributed by atoms with Crippen LogP contribution in [0.4, 0.5) is 0 Å². The molecule has 1 aliphatic rings. The van der Waals surface area contributed by atoms with Crippen LogP contribution in [-0.2, 0) is 0 Å². The molecular weight excluding hydrogens is 114 g/mol. The second kappa shape index (κ2) is 3.18. The minimum absolute atomic E-state index is 0.327. The van der Waals surface area contributed by atoms with Crippen molar-refractivity contribution in [2.75, 3.05) is 6.61 Å². The lowest BCUT2D eigenvalue weighted by Gasteiger charge is -2.24. The van der Waals surface area contributed by atoms with Gasteiger partial charge in [0.25, 0.3) is 0 Å². The van der Waals surface area contributed by atoms with Gasteiger partial charge in [-0.05, 0) is 25.2 Å². The first-order valence-electron chi connectivity index (χ1n) is 3.69. The minimum atomic E-state index is 0.327. The molecule has 1 fully saturated rings. The van der Waals surface area contributed by atoms with Crippen LogP contribution in [0.3, 0.4) is 0 Å². The highest BCUT2D eigenvalue weighted by atomic mass is 16.3. The maximum atomic E-state index is 8.75. The fraction of sp³-hybridized carbons (Fsp3) is 1.00. The Labute approximate surface area is 56.1 Å². The highest BCUT2D eigenvalue weighted by molar-refractivity contribution is 4.73. The molecule has 3 N–H and O–H groups in total. The molecule has 2 atom stereocenters. The average molecular weight is 129 g/mol. The predicted octanol–water partition coefficient (Wildman–Crippen LogP) is 0.496. The fourth-order valence-corrected chi connectivity index (χ4v) is 1.50. The van der Waals surface area contributed by atoms with E-state index in [1.54, 1.807) is 0 Å². The number of hydrogen-bond donors (Lipinski definition) is 2. The Bertz CT molecular complexity index is 85.0. The molecule has 2 nitrogen and oxygen atoms in total. The summed E-state index contributed by atoms with van der Waals surface area (Å²) < 4.78 is 0. The van der Waals surface area contributed by atoms with E-state index in [1.807, 2.05) is 0 Å². The second-order valence-corrected chi connectivity index (χ2v) is 2.98. The molecule has 0 aromatic heterocycles. The van der Waals surface area contributed by atoms with Crippen LogP contribution >= 0.6 is 0 Å². The number of hydrogen-bond acceptors (Lipinski definition) is 2. The van der Waals surface area contributed by atoms with E-state index in [1.165, 1.54) is 12.8 Å². The third kappa shape index (κ3) is 1.95. The molecular formula is C7H15NO. The van der Waals surface area contributed by atoms with Gasteiger partial charge in [0.05, 0.1) is 0 Å². The molecule has 1 rings (SSSR count). The number of aliphatic hydroxyl groups excluding tert-OH is 1. The van der Waals surface area contributed by atoms with Crippen LogP contribution in [0.2, 0.25) is 0 Å². The molecule has 0 heterocycles. The first-order chi connectivity index (χ1) is 4.33. The molecule has 54 valence electrons. The summed E-state index contributed by atoms with van der Waals surface area (Å²) in [6, 6.07) is 0.357. The van der Waals surface area contributed by atoms with Crippen molar-refractivity contribution < 1.29 is 5.11 Å². The molecule has 0 aliphatic heterocycles. The van der Waals surface area contributed by atoms with Crippen molar-refractivity contribution in [2.45, 2.75) is 31.7 Å². The van der Waals surface area contributed by atoms with Gasteiger partial charge in [-0.15, -0.1) is 0 Å². The van der Waals surface area contributed by atoms with E-state index in [0.717, 1.165) is 12.8 Å². The van der Waals surface area contributed by atoms with Crippen molar-refractivity contribution in [3.8, 4) is 0 Å². The smallest absolute Gasteiger partial charge is 0.0459 e. The lowest BCUT2D eigenvalue weighted by molar-refractivity contribution is 0.180. The van der Waals surface area contributed by atoms with E-state index in [4.69, 9.17) is 10.8 Å². The van der Waals surface area contributed by atoms with Crippen LogP contribution in [-0.4, -0.2) is 17.8 Å². The molecule has 1 aliphatic carbocycles. The molecule has 0 saturated heterocycles. The van der Waals surface area contributed by atoms with Crippen LogP contribution < -0.4 is 5.73 Å². The summed E-state index contributed by atoms with van der Waals surface area (Å²) in [6.07, 6.45) is 4.55. The van der Waals surface area contributed by atoms with Gasteiger partial charge < -0.3 is 10.8 Å². The average Bonchev–Trinajstić information content (AvgIpc) is 1.88. The predicted molar refractivity (Wildman–Crippen MR) is 37.0 cm³/mol. The summed E-state index contributed by atoms with van der Waals surface area (Å²) in [5.41, 5.74) is 5.69. The molecule has 0 radical (unpaired) electrons.